The lowest BCUT2D eigenvalue weighted by Crippen LogP contribution is -2.36. The summed E-state index contributed by atoms with van der Waals surface area (Å²) in [7, 11) is -1.14. The molecule has 1 aliphatic heterocycles. The number of carboxylic acids is 2. The summed E-state index contributed by atoms with van der Waals surface area (Å²) >= 11 is 0. The molecule has 2 atom stereocenters. The topological polar surface area (TPSA) is 120 Å². The Bertz CT molecular complexity index is 1510. The number of rotatable bonds is 8. The molecular formula is C31H23BN2O6. The van der Waals surface area contributed by atoms with Gasteiger partial charge in [-0.05, 0) is 59.1 Å². The summed E-state index contributed by atoms with van der Waals surface area (Å²) < 4.78 is 10.6. The van der Waals surface area contributed by atoms with Crippen molar-refractivity contribution in [3.63, 3.8) is 0 Å². The molecular weight excluding hydrogens is 507 g/mol. The molecule has 4 aromatic rings. The van der Waals surface area contributed by atoms with Crippen LogP contribution in [0, 0.1) is 11.3 Å². The zero-order chi connectivity index (χ0) is 28.1. The minimum atomic E-state index is -1.61. The van der Waals surface area contributed by atoms with Crippen LogP contribution in [0.5, 0.6) is 0 Å². The van der Waals surface area contributed by atoms with Gasteiger partial charge in [0.05, 0.1) is 11.6 Å². The van der Waals surface area contributed by atoms with Crippen molar-refractivity contribution in [1.29, 1.82) is 5.26 Å². The van der Waals surface area contributed by atoms with Crippen molar-refractivity contribution in [2.45, 2.75) is 12.2 Å². The molecule has 8 nitrogen and oxygen atoms in total. The molecule has 0 aliphatic carbocycles. The van der Waals surface area contributed by atoms with Gasteiger partial charge in [-0.3, -0.25) is 0 Å². The molecule has 0 spiro atoms. The van der Waals surface area contributed by atoms with Crippen molar-refractivity contribution >= 4 is 53.2 Å². The molecule has 2 N–H and O–H groups in total. The van der Waals surface area contributed by atoms with Crippen LogP contribution in [0.15, 0.2) is 109 Å². The number of carbonyl (C=O) groups is 2. The van der Waals surface area contributed by atoms with Gasteiger partial charge in [-0.2, -0.15) is 5.26 Å². The first-order chi connectivity index (χ1) is 19.4. The van der Waals surface area contributed by atoms with Gasteiger partial charge >= 0.3 is 19.1 Å². The van der Waals surface area contributed by atoms with E-state index in [1.54, 1.807) is 30.3 Å². The normalized spacial score (nSPS) is 16.8. The third-order valence-electron chi connectivity index (χ3n) is 6.41. The van der Waals surface area contributed by atoms with Crippen LogP contribution in [-0.4, -0.2) is 41.5 Å². The molecule has 9 heteroatoms. The summed E-state index contributed by atoms with van der Waals surface area (Å²) in [5.74, 6) is -2.83. The van der Waals surface area contributed by atoms with Gasteiger partial charge in [0.2, 0.25) is 0 Å². The molecule has 1 saturated heterocycles. The van der Waals surface area contributed by atoms with E-state index < -0.39 is 31.3 Å². The van der Waals surface area contributed by atoms with E-state index in [1.807, 2.05) is 84.9 Å². The first-order valence-electron chi connectivity index (χ1n) is 12.4. The second-order valence-electron chi connectivity index (χ2n) is 9.01. The lowest BCUT2D eigenvalue weighted by atomic mass is 9.79. The quantitative estimate of drug-likeness (QED) is 0.188. The lowest BCUT2D eigenvalue weighted by molar-refractivity contribution is -0.156. The Morgan fingerprint density at radius 3 is 1.65 bits per heavy atom. The van der Waals surface area contributed by atoms with Gasteiger partial charge in [-0.15, -0.1) is 0 Å². The number of allylic oxidation sites excluding steroid dienone is 1. The van der Waals surface area contributed by atoms with E-state index >= 15 is 0 Å². The highest BCUT2D eigenvalue weighted by Gasteiger charge is 2.48. The number of hydrogen-bond acceptors (Lipinski definition) is 6. The van der Waals surface area contributed by atoms with Crippen LogP contribution < -0.4 is 10.4 Å². The fourth-order valence-electron chi connectivity index (χ4n) is 4.46. The Kier molecular flexibility index (Phi) is 7.74. The van der Waals surface area contributed by atoms with E-state index in [4.69, 9.17) is 9.31 Å². The highest BCUT2D eigenvalue weighted by Crippen LogP contribution is 2.34. The number of anilines is 3. The molecule has 0 radical (unpaired) electrons. The van der Waals surface area contributed by atoms with E-state index in [0.717, 1.165) is 22.6 Å². The molecule has 0 amide bonds. The minimum Gasteiger partial charge on any atom is -0.479 e. The van der Waals surface area contributed by atoms with E-state index in [9.17, 15) is 25.1 Å². The molecule has 0 bridgehead atoms. The Balaban J connectivity index is 1.37. The molecule has 1 aliphatic rings. The first kappa shape index (κ1) is 26.4. The second-order valence-corrected chi connectivity index (χ2v) is 9.01. The molecule has 5 rings (SSSR count). The number of aliphatic carboxylic acids is 2. The maximum atomic E-state index is 11.3. The van der Waals surface area contributed by atoms with Gasteiger partial charge in [0.1, 0.15) is 0 Å². The molecule has 1 heterocycles. The van der Waals surface area contributed by atoms with Gasteiger partial charge in [-0.25, -0.2) is 9.59 Å². The van der Waals surface area contributed by atoms with E-state index in [0.29, 0.717) is 16.6 Å². The second kappa shape index (κ2) is 11.7. The van der Waals surface area contributed by atoms with Crippen molar-refractivity contribution in [2.24, 2.45) is 0 Å². The number of benzene rings is 4. The van der Waals surface area contributed by atoms with Gasteiger partial charge < -0.3 is 24.4 Å². The van der Waals surface area contributed by atoms with Crippen molar-refractivity contribution in [3.8, 4) is 6.07 Å². The van der Waals surface area contributed by atoms with Crippen molar-refractivity contribution in [1.82, 2.24) is 0 Å². The fourth-order valence-corrected chi connectivity index (χ4v) is 4.46. The zero-order valence-electron chi connectivity index (χ0n) is 21.1. The molecule has 1 fully saturated rings. The van der Waals surface area contributed by atoms with Crippen molar-refractivity contribution in [3.05, 3.63) is 120 Å². The van der Waals surface area contributed by atoms with Crippen LogP contribution in [0.1, 0.15) is 11.1 Å². The molecule has 0 saturated carbocycles. The Morgan fingerprint density at radius 1 is 0.725 bits per heavy atom. The number of nitriles is 1. The van der Waals surface area contributed by atoms with Gasteiger partial charge in [-0.1, -0.05) is 72.8 Å². The van der Waals surface area contributed by atoms with E-state index in [-0.39, 0.29) is 0 Å². The highest BCUT2D eigenvalue weighted by molar-refractivity contribution is 6.62. The Labute approximate surface area is 231 Å². The largest absolute Gasteiger partial charge is 0.495 e. The molecule has 40 heavy (non-hydrogen) atoms. The third kappa shape index (κ3) is 5.64. The lowest BCUT2D eigenvalue weighted by Gasteiger charge is -2.25. The molecule has 196 valence electrons. The summed E-state index contributed by atoms with van der Waals surface area (Å²) in [4.78, 5) is 24.8. The maximum Gasteiger partial charge on any atom is 0.495 e. The van der Waals surface area contributed by atoms with Crippen LogP contribution in [-0.2, 0) is 18.9 Å². The molecule has 0 unspecified atom stereocenters. The zero-order valence-corrected chi connectivity index (χ0v) is 21.1. The summed E-state index contributed by atoms with van der Waals surface area (Å²) in [5.41, 5.74) is 5.34. The van der Waals surface area contributed by atoms with Crippen LogP contribution in [0.25, 0.3) is 11.6 Å². The average molecular weight is 530 g/mol. The molecule has 4 aromatic carbocycles. The van der Waals surface area contributed by atoms with Crippen LogP contribution >= 0.6 is 0 Å². The first-order valence-corrected chi connectivity index (χ1v) is 12.4. The van der Waals surface area contributed by atoms with Crippen LogP contribution in [0.2, 0.25) is 0 Å². The van der Waals surface area contributed by atoms with Crippen molar-refractivity contribution < 1.29 is 29.1 Å². The maximum absolute atomic E-state index is 11.3. The van der Waals surface area contributed by atoms with Gasteiger partial charge in [0.15, 0.2) is 12.2 Å². The van der Waals surface area contributed by atoms with Crippen molar-refractivity contribution in [2.75, 3.05) is 4.90 Å². The van der Waals surface area contributed by atoms with Gasteiger partial charge in [0.25, 0.3) is 0 Å². The summed E-state index contributed by atoms with van der Waals surface area (Å²) in [6, 6.07) is 36.8. The summed E-state index contributed by atoms with van der Waals surface area (Å²) in [5, 5.41) is 28.3. The Morgan fingerprint density at radius 2 is 1.20 bits per heavy atom. The number of para-hydroxylation sites is 2. The standard InChI is InChI=1S/C31H23BN2O6/c33-20-23(22-13-15-24(16-14-22)32-39-28(30(35)36)29(40-32)31(37)38)19-21-11-17-27(18-12-21)34(25-7-3-1-4-8-25)26-9-5-2-6-10-26/h1-19,28-29H,(H,35,36)(H,37,38)/b23-19-/t28-,29-/m0/s1. The minimum absolute atomic E-state index is 0.419. The molecule has 0 aromatic heterocycles. The number of hydrogen-bond donors (Lipinski definition) is 2. The number of carboxylic acid groups (broad SMARTS) is 2. The van der Waals surface area contributed by atoms with Crippen LogP contribution in [0.4, 0.5) is 17.1 Å². The predicted octanol–water partition coefficient (Wildman–Crippen LogP) is 4.87. The Hall–Kier alpha value is -5.17. The number of nitrogens with zero attached hydrogens (tertiary/aromatic N) is 2. The SMILES string of the molecule is N#C/C(=C/c1ccc(N(c2ccccc2)c2ccccc2)cc1)c1ccc(B2O[C@H](C(=O)O)[C@@H](C(=O)O)O2)cc1. The van der Waals surface area contributed by atoms with Crippen LogP contribution in [0.3, 0.4) is 0 Å². The predicted molar refractivity (Wildman–Crippen MR) is 151 cm³/mol. The fraction of sp³-hybridized carbons (Fsp3) is 0.0645. The van der Waals surface area contributed by atoms with E-state index in [1.165, 1.54) is 0 Å². The summed E-state index contributed by atoms with van der Waals surface area (Å²) in [6.45, 7) is 0. The smallest absolute Gasteiger partial charge is 0.479 e. The van der Waals surface area contributed by atoms with Gasteiger partial charge in [0, 0.05) is 17.1 Å². The van der Waals surface area contributed by atoms with E-state index in [2.05, 4.69) is 11.0 Å². The third-order valence-corrected chi connectivity index (χ3v) is 6.41. The highest BCUT2D eigenvalue weighted by atomic mass is 16.7. The monoisotopic (exact) mass is 530 g/mol. The average Bonchev–Trinajstić information content (AvgIpc) is 3.45. The summed E-state index contributed by atoms with van der Waals surface area (Å²) in [6.07, 6.45) is -1.45.